The number of thiazole rings is 1. The summed E-state index contributed by atoms with van der Waals surface area (Å²) in [6, 6.07) is 8.41. The molecule has 0 saturated carbocycles. The van der Waals surface area contributed by atoms with Crippen LogP contribution in [0, 0.1) is 6.92 Å². The van der Waals surface area contributed by atoms with E-state index < -0.39 is 5.97 Å². The molecular formula is C15H17NO2S. The van der Waals surface area contributed by atoms with Crippen LogP contribution >= 0.6 is 11.3 Å². The molecule has 100 valence electrons. The second-order valence-corrected chi connectivity index (χ2v) is 5.61. The minimum absolute atomic E-state index is 0.390. The molecule has 0 saturated heterocycles. The van der Waals surface area contributed by atoms with Crippen LogP contribution in [0.5, 0.6) is 0 Å². The van der Waals surface area contributed by atoms with E-state index in [-0.39, 0.29) is 0 Å². The first-order chi connectivity index (χ1) is 9.10. The average Bonchev–Trinajstić information content (AvgIpc) is 2.81. The van der Waals surface area contributed by atoms with Crippen molar-refractivity contribution in [2.75, 3.05) is 0 Å². The van der Waals surface area contributed by atoms with Gasteiger partial charge in [0.05, 0.1) is 10.7 Å². The zero-order valence-electron chi connectivity index (χ0n) is 11.1. The number of carboxylic acid groups (broad SMARTS) is 1. The van der Waals surface area contributed by atoms with E-state index in [0.29, 0.717) is 17.0 Å². The van der Waals surface area contributed by atoms with E-state index in [1.165, 1.54) is 22.5 Å². The van der Waals surface area contributed by atoms with Crippen LogP contribution in [0.4, 0.5) is 0 Å². The maximum atomic E-state index is 11.1. The number of carboxylic acids is 1. The normalized spacial score (nSPS) is 10.6. The van der Waals surface area contributed by atoms with Gasteiger partial charge in [0.2, 0.25) is 0 Å². The highest BCUT2D eigenvalue weighted by atomic mass is 32.1. The molecule has 0 atom stereocenters. The predicted molar refractivity (Wildman–Crippen MR) is 77.0 cm³/mol. The summed E-state index contributed by atoms with van der Waals surface area (Å²) in [6.45, 7) is 4.00. The summed E-state index contributed by atoms with van der Waals surface area (Å²) in [5.74, 6) is -0.865. The van der Waals surface area contributed by atoms with Crippen LogP contribution in [-0.2, 0) is 19.3 Å². The van der Waals surface area contributed by atoms with E-state index in [4.69, 9.17) is 5.11 Å². The van der Waals surface area contributed by atoms with Crippen LogP contribution < -0.4 is 0 Å². The summed E-state index contributed by atoms with van der Waals surface area (Å²) in [5.41, 5.74) is 3.21. The summed E-state index contributed by atoms with van der Waals surface area (Å²) in [4.78, 5) is 15.9. The zero-order valence-corrected chi connectivity index (χ0v) is 12.0. The minimum atomic E-state index is -0.865. The van der Waals surface area contributed by atoms with E-state index in [0.717, 1.165) is 17.8 Å². The van der Waals surface area contributed by atoms with Crippen LogP contribution in [0.1, 0.15) is 38.4 Å². The number of hydrogen-bond acceptors (Lipinski definition) is 3. The van der Waals surface area contributed by atoms with Crippen molar-refractivity contribution in [2.45, 2.75) is 33.1 Å². The van der Waals surface area contributed by atoms with Gasteiger partial charge in [0.15, 0.2) is 0 Å². The van der Waals surface area contributed by atoms with Gasteiger partial charge < -0.3 is 5.11 Å². The number of hydrogen-bond donors (Lipinski definition) is 1. The van der Waals surface area contributed by atoms with Gasteiger partial charge in [-0.2, -0.15) is 0 Å². The molecule has 1 aromatic heterocycles. The Morgan fingerprint density at radius 2 is 1.95 bits per heavy atom. The topological polar surface area (TPSA) is 50.2 Å². The average molecular weight is 275 g/mol. The predicted octanol–water partition coefficient (Wildman–Crippen LogP) is 3.50. The second kappa shape index (κ2) is 5.97. The molecule has 0 spiro atoms. The Morgan fingerprint density at radius 1 is 1.26 bits per heavy atom. The summed E-state index contributed by atoms with van der Waals surface area (Å²) in [5, 5.41) is 10.0. The first-order valence-corrected chi connectivity index (χ1v) is 7.19. The third kappa shape index (κ3) is 3.41. The molecule has 1 aromatic carbocycles. The summed E-state index contributed by atoms with van der Waals surface area (Å²) < 4.78 is 0. The lowest BCUT2D eigenvalue weighted by Gasteiger charge is -1.99. The lowest BCUT2D eigenvalue weighted by Crippen LogP contribution is -1.97. The molecule has 2 aromatic rings. The van der Waals surface area contributed by atoms with E-state index in [1.807, 2.05) is 6.92 Å². The fourth-order valence-electron chi connectivity index (χ4n) is 1.92. The lowest BCUT2D eigenvalue weighted by molar-refractivity contribution is 0.0701. The Bertz CT molecular complexity index is 572. The Balaban J connectivity index is 2.07. The van der Waals surface area contributed by atoms with E-state index in [2.05, 4.69) is 36.2 Å². The van der Waals surface area contributed by atoms with Gasteiger partial charge in [-0.25, -0.2) is 9.78 Å². The van der Waals surface area contributed by atoms with Crippen LogP contribution in [0.3, 0.4) is 0 Å². The SMILES string of the molecule is CCc1nc(CCc2ccc(C)cc2)sc1C(=O)O. The van der Waals surface area contributed by atoms with Crippen LogP contribution in [0.25, 0.3) is 0 Å². The van der Waals surface area contributed by atoms with Gasteiger partial charge in [0.1, 0.15) is 4.88 Å². The third-order valence-corrected chi connectivity index (χ3v) is 4.16. The second-order valence-electron chi connectivity index (χ2n) is 4.53. The van der Waals surface area contributed by atoms with Gasteiger partial charge in [-0.05, 0) is 25.3 Å². The molecule has 2 rings (SSSR count). The van der Waals surface area contributed by atoms with E-state index in [1.54, 1.807) is 0 Å². The maximum Gasteiger partial charge on any atom is 0.347 e. The fourth-order valence-corrected chi connectivity index (χ4v) is 2.91. The molecule has 19 heavy (non-hydrogen) atoms. The van der Waals surface area contributed by atoms with Crippen molar-refractivity contribution in [3.05, 3.63) is 51.0 Å². The number of nitrogens with zero attached hydrogens (tertiary/aromatic N) is 1. The van der Waals surface area contributed by atoms with Crippen molar-refractivity contribution < 1.29 is 9.90 Å². The van der Waals surface area contributed by atoms with Crippen molar-refractivity contribution in [1.82, 2.24) is 4.98 Å². The molecule has 0 fully saturated rings. The molecule has 1 heterocycles. The first-order valence-electron chi connectivity index (χ1n) is 6.37. The summed E-state index contributed by atoms with van der Waals surface area (Å²) in [6.07, 6.45) is 2.37. The number of benzene rings is 1. The van der Waals surface area contributed by atoms with Crippen molar-refractivity contribution in [1.29, 1.82) is 0 Å². The number of aryl methyl sites for hydroxylation is 4. The summed E-state index contributed by atoms with van der Waals surface area (Å²) >= 11 is 1.30. The standard InChI is InChI=1S/C15H17NO2S/c1-3-12-14(15(17)18)19-13(16-12)9-8-11-6-4-10(2)5-7-11/h4-7H,3,8-9H2,1-2H3,(H,17,18). The molecule has 0 bridgehead atoms. The molecule has 0 aliphatic heterocycles. The highest BCUT2D eigenvalue weighted by molar-refractivity contribution is 7.13. The van der Waals surface area contributed by atoms with Gasteiger partial charge in [0, 0.05) is 6.42 Å². The lowest BCUT2D eigenvalue weighted by atomic mass is 10.1. The van der Waals surface area contributed by atoms with Crippen molar-refractivity contribution in [3.63, 3.8) is 0 Å². The fraction of sp³-hybridized carbons (Fsp3) is 0.333. The number of aromatic carboxylic acids is 1. The Kier molecular flexibility index (Phi) is 4.32. The van der Waals surface area contributed by atoms with Gasteiger partial charge in [-0.1, -0.05) is 36.8 Å². The molecule has 1 N–H and O–H groups in total. The highest BCUT2D eigenvalue weighted by Gasteiger charge is 2.15. The Hall–Kier alpha value is -1.68. The molecule has 0 radical (unpaired) electrons. The molecule has 3 nitrogen and oxygen atoms in total. The zero-order chi connectivity index (χ0) is 13.8. The molecule has 4 heteroatoms. The number of carbonyl (C=O) groups is 1. The maximum absolute atomic E-state index is 11.1. The Labute approximate surface area is 116 Å². The number of aromatic nitrogens is 1. The van der Waals surface area contributed by atoms with Crippen molar-refractivity contribution in [2.24, 2.45) is 0 Å². The van der Waals surface area contributed by atoms with Gasteiger partial charge in [0.25, 0.3) is 0 Å². The van der Waals surface area contributed by atoms with Crippen LogP contribution in [-0.4, -0.2) is 16.1 Å². The quantitative estimate of drug-likeness (QED) is 0.908. The molecule has 0 amide bonds. The molecule has 0 unspecified atom stereocenters. The van der Waals surface area contributed by atoms with Crippen molar-refractivity contribution in [3.8, 4) is 0 Å². The molecular weight excluding hydrogens is 258 g/mol. The monoisotopic (exact) mass is 275 g/mol. The molecule has 0 aliphatic carbocycles. The first kappa shape index (κ1) is 13.7. The smallest absolute Gasteiger partial charge is 0.347 e. The Morgan fingerprint density at radius 3 is 2.47 bits per heavy atom. The van der Waals surface area contributed by atoms with Gasteiger partial charge >= 0.3 is 5.97 Å². The third-order valence-electron chi connectivity index (χ3n) is 3.02. The largest absolute Gasteiger partial charge is 0.477 e. The number of rotatable bonds is 5. The van der Waals surface area contributed by atoms with Crippen LogP contribution in [0.2, 0.25) is 0 Å². The van der Waals surface area contributed by atoms with Crippen LogP contribution in [0.15, 0.2) is 24.3 Å². The molecule has 0 aliphatic rings. The summed E-state index contributed by atoms with van der Waals surface area (Å²) in [7, 11) is 0. The van der Waals surface area contributed by atoms with Gasteiger partial charge in [-0.15, -0.1) is 11.3 Å². The van der Waals surface area contributed by atoms with E-state index in [9.17, 15) is 4.79 Å². The van der Waals surface area contributed by atoms with E-state index >= 15 is 0 Å². The minimum Gasteiger partial charge on any atom is -0.477 e. The van der Waals surface area contributed by atoms with Gasteiger partial charge in [-0.3, -0.25) is 0 Å². The highest BCUT2D eigenvalue weighted by Crippen LogP contribution is 2.21. The van der Waals surface area contributed by atoms with Crippen molar-refractivity contribution >= 4 is 17.3 Å².